The Kier molecular flexibility index (Phi) is 7.55. The molecule has 3 amide bonds. The maximum absolute atomic E-state index is 13.4. The molecule has 1 saturated carbocycles. The number of nitrogens with one attached hydrogen (secondary N) is 1. The molecule has 5 rings (SSSR count). The molecule has 11 heteroatoms. The smallest absolute Gasteiger partial charge is 0.313 e. The molecule has 0 bridgehead atoms. The van der Waals surface area contributed by atoms with Gasteiger partial charge in [-0.25, -0.2) is 9.97 Å². The third-order valence-corrected chi connectivity index (χ3v) is 9.04. The van der Waals surface area contributed by atoms with Crippen LogP contribution in [0.5, 0.6) is 5.88 Å². The summed E-state index contributed by atoms with van der Waals surface area (Å²) < 4.78 is 6.18. The normalized spacial score (nSPS) is 22.9. The summed E-state index contributed by atoms with van der Waals surface area (Å²) in [5, 5.41) is 3.75. The van der Waals surface area contributed by atoms with Gasteiger partial charge in [0.25, 0.3) is 5.91 Å². The second-order valence-electron chi connectivity index (χ2n) is 10.8. The van der Waals surface area contributed by atoms with Gasteiger partial charge < -0.3 is 25.6 Å². The Bertz CT molecular complexity index is 1420. The molecule has 0 spiro atoms. The first kappa shape index (κ1) is 27.0. The highest BCUT2D eigenvalue weighted by atomic mass is 32.1. The van der Waals surface area contributed by atoms with Gasteiger partial charge in [0.1, 0.15) is 5.56 Å². The van der Waals surface area contributed by atoms with Crippen molar-refractivity contribution in [3.63, 3.8) is 0 Å². The fourth-order valence-corrected chi connectivity index (χ4v) is 6.53. The summed E-state index contributed by atoms with van der Waals surface area (Å²) in [5.74, 6) is -1.37. The van der Waals surface area contributed by atoms with Crippen LogP contribution in [0.3, 0.4) is 0 Å². The number of methoxy groups -OCH3 is 1. The number of ether oxygens (including phenoxy) is 1. The van der Waals surface area contributed by atoms with Crippen LogP contribution in [0.15, 0.2) is 30.5 Å². The molecule has 3 aromatic rings. The Morgan fingerprint density at radius 2 is 1.95 bits per heavy atom. The molecule has 2 aliphatic rings. The monoisotopic (exact) mass is 550 g/mol. The molecule has 206 valence electrons. The van der Waals surface area contributed by atoms with Gasteiger partial charge in [0.15, 0.2) is 0 Å². The lowest BCUT2D eigenvalue weighted by Gasteiger charge is -2.38. The van der Waals surface area contributed by atoms with Crippen molar-refractivity contribution < 1.29 is 19.1 Å². The van der Waals surface area contributed by atoms with Crippen LogP contribution < -0.4 is 15.8 Å². The number of piperidine rings is 1. The standard InChI is InChI=1S/C28H34N6O4S/c1-15-5-7-22(16-6-8-23-21(11-16)32-27(39-23)17-9-19(10-17)33(2)3)34(14-15)28(37)25(36)31-18-12-20(24(29)35)26(38-4)30-13-18/h6,8,11-13,15,17,19,22H,5,7,9-10,14H2,1-4H3,(H2,29,35)(H,31,36)/t15-,17-,19-,22+/m0/s1. The van der Waals surface area contributed by atoms with Crippen molar-refractivity contribution in [2.45, 2.75) is 50.6 Å². The number of nitrogens with zero attached hydrogens (tertiary/aromatic N) is 4. The van der Waals surface area contributed by atoms with Crippen molar-refractivity contribution in [1.29, 1.82) is 0 Å². The number of hydrogen-bond donors (Lipinski definition) is 2. The Hall–Kier alpha value is -3.57. The Morgan fingerprint density at radius 1 is 1.18 bits per heavy atom. The van der Waals surface area contributed by atoms with E-state index in [-0.39, 0.29) is 29.1 Å². The van der Waals surface area contributed by atoms with Gasteiger partial charge in [-0.1, -0.05) is 13.0 Å². The summed E-state index contributed by atoms with van der Waals surface area (Å²) in [6.45, 7) is 2.55. The van der Waals surface area contributed by atoms with Gasteiger partial charge in [0.05, 0.1) is 40.3 Å². The zero-order valence-corrected chi connectivity index (χ0v) is 23.5. The molecular weight excluding hydrogens is 516 g/mol. The van der Waals surface area contributed by atoms with E-state index in [9.17, 15) is 14.4 Å². The largest absolute Gasteiger partial charge is 0.480 e. The number of amides is 3. The summed E-state index contributed by atoms with van der Waals surface area (Å²) >= 11 is 1.75. The zero-order valence-electron chi connectivity index (χ0n) is 22.6. The second kappa shape index (κ2) is 10.9. The van der Waals surface area contributed by atoms with Crippen molar-refractivity contribution in [1.82, 2.24) is 19.8 Å². The lowest BCUT2D eigenvalue weighted by Crippen LogP contribution is -2.46. The predicted molar refractivity (Wildman–Crippen MR) is 150 cm³/mol. The number of primary amides is 1. The maximum Gasteiger partial charge on any atom is 0.313 e. The Morgan fingerprint density at radius 3 is 2.64 bits per heavy atom. The van der Waals surface area contributed by atoms with Crippen LogP contribution in [0.2, 0.25) is 0 Å². The third-order valence-electron chi connectivity index (χ3n) is 7.85. The first-order valence-corrected chi connectivity index (χ1v) is 14.0. The molecule has 2 atom stereocenters. The number of rotatable bonds is 6. The van der Waals surface area contributed by atoms with E-state index in [0.29, 0.717) is 18.5 Å². The van der Waals surface area contributed by atoms with Crippen molar-refractivity contribution in [2.24, 2.45) is 11.7 Å². The van der Waals surface area contributed by atoms with E-state index in [0.717, 1.165) is 41.5 Å². The molecule has 39 heavy (non-hydrogen) atoms. The molecule has 1 aliphatic heterocycles. The molecule has 3 heterocycles. The molecule has 0 radical (unpaired) electrons. The highest BCUT2D eigenvalue weighted by Gasteiger charge is 2.36. The average Bonchev–Trinajstić information content (AvgIpc) is 3.29. The number of benzene rings is 1. The second-order valence-corrected chi connectivity index (χ2v) is 11.9. The van der Waals surface area contributed by atoms with Gasteiger partial charge in [-0.2, -0.15) is 0 Å². The fraction of sp³-hybridized carbons (Fsp3) is 0.464. The van der Waals surface area contributed by atoms with Crippen molar-refractivity contribution in [2.75, 3.05) is 33.1 Å². The number of aromatic nitrogens is 2. The summed E-state index contributed by atoms with van der Waals surface area (Å²) in [5.41, 5.74) is 7.53. The quantitative estimate of drug-likeness (QED) is 0.449. The molecular formula is C28H34N6O4S. The summed E-state index contributed by atoms with van der Waals surface area (Å²) in [7, 11) is 5.61. The lowest BCUT2D eigenvalue weighted by molar-refractivity contribution is -0.146. The topological polar surface area (TPSA) is 131 Å². The van der Waals surface area contributed by atoms with Gasteiger partial charge in [-0.15, -0.1) is 11.3 Å². The van der Waals surface area contributed by atoms with Crippen LogP contribution in [-0.4, -0.2) is 71.3 Å². The van der Waals surface area contributed by atoms with E-state index in [4.69, 9.17) is 15.5 Å². The average molecular weight is 551 g/mol. The summed E-state index contributed by atoms with van der Waals surface area (Å²) in [6.07, 6.45) is 5.29. The van der Waals surface area contributed by atoms with Crippen LogP contribution in [0.4, 0.5) is 5.69 Å². The van der Waals surface area contributed by atoms with E-state index >= 15 is 0 Å². The molecule has 0 unspecified atom stereocenters. The van der Waals surface area contributed by atoms with Crippen LogP contribution in [0.1, 0.15) is 65.5 Å². The molecule has 2 aromatic heterocycles. The molecule has 3 N–H and O–H groups in total. The van der Waals surface area contributed by atoms with E-state index in [1.54, 1.807) is 16.2 Å². The van der Waals surface area contributed by atoms with Crippen LogP contribution in [0.25, 0.3) is 10.2 Å². The van der Waals surface area contributed by atoms with E-state index in [2.05, 4.69) is 54.4 Å². The van der Waals surface area contributed by atoms with Gasteiger partial charge in [0, 0.05) is 18.5 Å². The van der Waals surface area contributed by atoms with E-state index < -0.39 is 17.7 Å². The minimum Gasteiger partial charge on any atom is -0.480 e. The van der Waals surface area contributed by atoms with Crippen LogP contribution >= 0.6 is 11.3 Å². The van der Waals surface area contributed by atoms with Crippen molar-refractivity contribution in [3.8, 4) is 5.88 Å². The van der Waals surface area contributed by atoms with Gasteiger partial charge in [-0.05, 0) is 69.5 Å². The van der Waals surface area contributed by atoms with Gasteiger partial charge in [-0.3, -0.25) is 14.4 Å². The van der Waals surface area contributed by atoms with Crippen molar-refractivity contribution >= 4 is 45.0 Å². The SMILES string of the molecule is COc1ncc(NC(=O)C(=O)N2C[C@@H](C)CC[C@@H]2c2ccc3sc([C@H]4C[C@H](N(C)C)C4)nc3c2)cc1C(N)=O. The molecule has 1 aromatic carbocycles. The fourth-order valence-electron chi connectivity index (χ4n) is 5.45. The number of carbonyl (C=O) groups excluding carboxylic acids is 3. The van der Waals surface area contributed by atoms with Crippen molar-refractivity contribution in [3.05, 3.63) is 46.6 Å². The van der Waals surface area contributed by atoms with Gasteiger partial charge in [0.2, 0.25) is 5.88 Å². The number of nitrogens with two attached hydrogens (primary N) is 1. The number of thiazole rings is 1. The number of hydrogen-bond acceptors (Lipinski definition) is 8. The summed E-state index contributed by atoms with van der Waals surface area (Å²) in [4.78, 5) is 51.1. The Labute approximate surface area is 231 Å². The molecule has 2 fully saturated rings. The molecule has 1 saturated heterocycles. The molecule has 1 aliphatic carbocycles. The zero-order chi connectivity index (χ0) is 27.8. The van der Waals surface area contributed by atoms with E-state index in [1.807, 2.05) is 0 Å². The van der Waals surface area contributed by atoms with Gasteiger partial charge >= 0.3 is 11.8 Å². The number of anilines is 1. The Balaban J connectivity index is 1.34. The van der Waals surface area contributed by atoms with E-state index in [1.165, 1.54) is 24.4 Å². The minimum atomic E-state index is -0.797. The highest BCUT2D eigenvalue weighted by molar-refractivity contribution is 7.18. The summed E-state index contributed by atoms with van der Waals surface area (Å²) in [6, 6.07) is 7.95. The lowest BCUT2D eigenvalue weighted by atomic mass is 9.80. The molecule has 10 nitrogen and oxygen atoms in total. The number of pyridine rings is 1. The van der Waals surface area contributed by atoms with Crippen LogP contribution in [-0.2, 0) is 9.59 Å². The number of carbonyl (C=O) groups is 3. The highest BCUT2D eigenvalue weighted by Crippen LogP contribution is 2.43. The first-order chi connectivity index (χ1) is 18.6. The predicted octanol–water partition coefficient (Wildman–Crippen LogP) is 3.54. The third kappa shape index (κ3) is 5.46. The maximum atomic E-state index is 13.4. The van der Waals surface area contributed by atoms with Crippen LogP contribution in [0, 0.1) is 5.92 Å². The number of fused-ring (bicyclic) bond motifs is 1. The minimum absolute atomic E-state index is 0.0160. The first-order valence-electron chi connectivity index (χ1n) is 13.2. The number of likely N-dealkylation sites (tertiary alicyclic amines) is 1.